The highest BCUT2D eigenvalue weighted by Gasteiger charge is 1.94. The van der Waals surface area contributed by atoms with Crippen LogP contribution in [0.5, 0.6) is 0 Å². The maximum absolute atomic E-state index is 10.3. The number of carbonyl (C=O) groups is 1. The van der Waals surface area contributed by atoms with Crippen molar-refractivity contribution in [3.8, 4) is 0 Å². The maximum Gasteiger partial charge on any atom is 0.243 e. The monoisotopic (exact) mass is 198 g/mol. The fourth-order valence-corrected chi connectivity index (χ4v) is 0.923. The van der Waals surface area contributed by atoms with Crippen LogP contribution in [0.15, 0.2) is 12.3 Å². The van der Waals surface area contributed by atoms with Crippen molar-refractivity contribution in [2.45, 2.75) is 6.54 Å². The van der Waals surface area contributed by atoms with Crippen molar-refractivity contribution in [1.82, 2.24) is 15.5 Å². The first-order chi connectivity index (χ1) is 6.79. The molecule has 14 heavy (non-hydrogen) atoms. The standard InChI is InChI=1S/C8H14N4O2/c9-8(13)6-14-4-3-10-5-7-1-2-11-12-7/h1-2,10H,3-6H2,(H2,9,13)(H,11,12). The van der Waals surface area contributed by atoms with Gasteiger partial charge >= 0.3 is 0 Å². The molecule has 0 atom stereocenters. The number of H-pyrrole nitrogens is 1. The average molecular weight is 198 g/mol. The van der Waals surface area contributed by atoms with E-state index >= 15 is 0 Å². The molecule has 0 aliphatic rings. The molecule has 1 aromatic rings. The van der Waals surface area contributed by atoms with E-state index in [4.69, 9.17) is 10.5 Å². The summed E-state index contributed by atoms with van der Waals surface area (Å²) in [5.41, 5.74) is 5.90. The van der Waals surface area contributed by atoms with Gasteiger partial charge in [-0.15, -0.1) is 0 Å². The Hall–Kier alpha value is -1.40. The first kappa shape index (κ1) is 10.7. The van der Waals surface area contributed by atoms with Gasteiger partial charge in [0.1, 0.15) is 6.61 Å². The molecular formula is C8H14N4O2. The number of carbonyl (C=O) groups excluding carboxylic acids is 1. The molecule has 0 unspecified atom stereocenters. The zero-order valence-electron chi connectivity index (χ0n) is 7.82. The smallest absolute Gasteiger partial charge is 0.243 e. The van der Waals surface area contributed by atoms with Gasteiger partial charge in [0, 0.05) is 25.0 Å². The van der Waals surface area contributed by atoms with Crippen molar-refractivity contribution in [3.63, 3.8) is 0 Å². The molecule has 4 N–H and O–H groups in total. The summed E-state index contributed by atoms with van der Waals surface area (Å²) in [5.74, 6) is -0.446. The molecule has 0 bridgehead atoms. The number of aromatic amines is 1. The summed E-state index contributed by atoms with van der Waals surface area (Å²) < 4.78 is 4.95. The molecule has 0 aromatic carbocycles. The summed E-state index contributed by atoms with van der Waals surface area (Å²) in [6, 6.07) is 1.89. The summed E-state index contributed by atoms with van der Waals surface area (Å²) in [5, 5.41) is 9.73. The van der Waals surface area contributed by atoms with E-state index in [0.29, 0.717) is 19.7 Å². The molecule has 0 spiro atoms. The van der Waals surface area contributed by atoms with Gasteiger partial charge in [-0.25, -0.2) is 0 Å². The van der Waals surface area contributed by atoms with Crippen LogP contribution in [0, 0.1) is 0 Å². The van der Waals surface area contributed by atoms with Gasteiger partial charge in [-0.1, -0.05) is 0 Å². The summed E-state index contributed by atoms with van der Waals surface area (Å²) in [6.07, 6.45) is 1.70. The summed E-state index contributed by atoms with van der Waals surface area (Å²) in [4.78, 5) is 10.3. The Morgan fingerprint density at radius 3 is 3.21 bits per heavy atom. The second kappa shape index (κ2) is 6.11. The number of nitrogens with zero attached hydrogens (tertiary/aromatic N) is 1. The number of nitrogens with two attached hydrogens (primary N) is 1. The SMILES string of the molecule is NC(=O)COCCNCc1ccn[nH]1. The number of primary amides is 1. The van der Waals surface area contributed by atoms with Crippen LogP contribution in [0.4, 0.5) is 0 Å². The molecule has 1 aromatic heterocycles. The summed E-state index contributed by atoms with van der Waals surface area (Å²) >= 11 is 0. The van der Waals surface area contributed by atoms with Crippen LogP contribution in [0.1, 0.15) is 5.69 Å². The molecule has 6 nitrogen and oxygen atoms in total. The number of nitrogens with one attached hydrogen (secondary N) is 2. The molecule has 6 heteroatoms. The van der Waals surface area contributed by atoms with E-state index in [2.05, 4.69) is 15.5 Å². The topological polar surface area (TPSA) is 93.0 Å². The Kier molecular flexibility index (Phi) is 4.66. The predicted molar refractivity (Wildman–Crippen MR) is 50.3 cm³/mol. The lowest BCUT2D eigenvalue weighted by molar-refractivity contribution is -0.122. The Labute approximate surface area is 81.8 Å². The Morgan fingerprint density at radius 1 is 1.71 bits per heavy atom. The van der Waals surface area contributed by atoms with E-state index in [0.717, 1.165) is 5.69 Å². The third-order valence-corrected chi connectivity index (χ3v) is 1.54. The predicted octanol–water partition coefficient (Wildman–Crippen LogP) is -0.999. The minimum atomic E-state index is -0.446. The van der Waals surface area contributed by atoms with E-state index < -0.39 is 5.91 Å². The fourth-order valence-electron chi connectivity index (χ4n) is 0.923. The van der Waals surface area contributed by atoms with Crippen LogP contribution in [0.25, 0.3) is 0 Å². The molecule has 0 fully saturated rings. The number of hydrogen-bond acceptors (Lipinski definition) is 4. The molecule has 1 amide bonds. The highest BCUT2D eigenvalue weighted by atomic mass is 16.5. The Morgan fingerprint density at radius 2 is 2.57 bits per heavy atom. The van der Waals surface area contributed by atoms with Crippen LogP contribution in [-0.4, -0.2) is 35.9 Å². The van der Waals surface area contributed by atoms with Gasteiger partial charge in [-0.2, -0.15) is 5.10 Å². The number of ether oxygens (including phenoxy) is 1. The lowest BCUT2D eigenvalue weighted by atomic mass is 10.4. The number of amides is 1. The van der Waals surface area contributed by atoms with E-state index in [1.54, 1.807) is 6.20 Å². The number of aromatic nitrogens is 2. The van der Waals surface area contributed by atoms with Gasteiger partial charge in [0.15, 0.2) is 0 Å². The molecule has 1 rings (SSSR count). The molecule has 78 valence electrons. The average Bonchev–Trinajstić information content (AvgIpc) is 2.63. The van der Waals surface area contributed by atoms with Gasteiger partial charge in [-0.05, 0) is 6.07 Å². The van der Waals surface area contributed by atoms with Crippen LogP contribution < -0.4 is 11.1 Å². The van der Waals surface area contributed by atoms with Crippen molar-refractivity contribution in [3.05, 3.63) is 18.0 Å². The van der Waals surface area contributed by atoms with E-state index in [9.17, 15) is 4.79 Å². The van der Waals surface area contributed by atoms with Crippen LogP contribution in [0.2, 0.25) is 0 Å². The van der Waals surface area contributed by atoms with Crippen LogP contribution >= 0.6 is 0 Å². The largest absolute Gasteiger partial charge is 0.370 e. The third kappa shape index (κ3) is 4.58. The van der Waals surface area contributed by atoms with Gasteiger partial charge in [-0.3, -0.25) is 9.89 Å². The molecule has 0 radical (unpaired) electrons. The molecule has 0 aliphatic carbocycles. The molecule has 0 aliphatic heterocycles. The lowest BCUT2D eigenvalue weighted by Crippen LogP contribution is -2.23. The molecular weight excluding hydrogens is 184 g/mol. The quantitative estimate of drug-likeness (QED) is 0.490. The molecule has 0 saturated heterocycles. The van der Waals surface area contributed by atoms with E-state index in [-0.39, 0.29) is 6.61 Å². The molecule has 1 heterocycles. The second-order valence-corrected chi connectivity index (χ2v) is 2.78. The molecule has 0 saturated carbocycles. The Balaban J connectivity index is 1.92. The van der Waals surface area contributed by atoms with Crippen LogP contribution in [0.3, 0.4) is 0 Å². The van der Waals surface area contributed by atoms with Crippen molar-refractivity contribution in [2.75, 3.05) is 19.8 Å². The first-order valence-corrected chi connectivity index (χ1v) is 4.34. The third-order valence-electron chi connectivity index (χ3n) is 1.54. The Bertz CT molecular complexity index is 260. The normalized spacial score (nSPS) is 10.3. The van der Waals surface area contributed by atoms with Crippen molar-refractivity contribution in [1.29, 1.82) is 0 Å². The van der Waals surface area contributed by atoms with Gasteiger partial charge < -0.3 is 15.8 Å². The van der Waals surface area contributed by atoms with Crippen molar-refractivity contribution < 1.29 is 9.53 Å². The highest BCUT2D eigenvalue weighted by molar-refractivity contribution is 5.74. The minimum absolute atomic E-state index is 0.0221. The first-order valence-electron chi connectivity index (χ1n) is 4.34. The highest BCUT2D eigenvalue weighted by Crippen LogP contribution is 1.88. The van der Waals surface area contributed by atoms with Crippen LogP contribution in [-0.2, 0) is 16.1 Å². The van der Waals surface area contributed by atoms with Gasteiger partial charge in [0.05, 0.1) is 6.61 Å². The summed E-state index contributed by atoms with van der Waals surface area (Å²) in [7, 11) is 0. The van der Waals surface area contributed by atoms with Gasteiger partial charge in [0.25, 0.3) is 0 Å². The zero-order chi connectivity index (χ0) is 10.2. The second-order valence-electron chi connectivity index (χ2n) is 2.78. The summed E-state index contributed by atoms with van der Waals surface area (Å²) in [6.45, 7) is 1.83. The van der Waals surface area contributed by atoms with Crippen molar-refractivity contribution >= 4 is 5.91 Å². The maximum atomic E-state index is 10.3. The minimum Gasteiger partial charge on any atom is -0.370 e. The van der Waals surface area contributed by atoms with Gasteiger partial charge in [0.2, 0.25) is 5.91 Å². The number of rotatable bonds is 7. The van der Waals surface area contributed by atoms with E-state index in [1.807, 2.05) is 6.07 Å². The fraction of sp³-hybridized carbons (Fsp3) is 0.500. The van der Waals surface area contributed by atoms with Crippen molar-refractivity contribution in [2.24, 2.45) is 5.73 Å². The zero-order valence-corrected chi connectivity index (χ0v) is 7.82. The number of hydrogen-bond donors (Lipinski definition) is 3. The lowest BCUT2D eigenvalue weighted by Gasteiger charge is -2.02. The van der Waals surface area contributed by atoms with E-state index in [1.165, 1.54) is 0 Å².